The highest BCUT2D eigenvalue weighted by Crippen LogP contribution is 2.38. The Morgan fingerprint density at radius 2 is 1.52 bits per heavy atom. The highest BCUT2D eigenvalue weighted by molar-refractivity contribution is 5.64. The second kappa shape index (κ2) is 10.7. The van der Waals surface area contributed by atoms with Crippen LogP contribution >= 0.6 is 0 Å². The Morgan fingerprint density at radius 3 is 2.09 bits per heavy atom. The van der Waals surface area contributed by atoms with Crippen LogP contribution in [0.4, 0.5) is 8.78 Å². The number of nitriles is 1. The van der Waals surface area contributed by atoms with Gasteiger partial charge in [0, 0.05) is 23.5 Å². The Kier molecular flexibility index (Phi) is 7.44. The van der Waals surface area contributed by atoms with Crippen molar-refractivity contribution in [2.75, 3.05) is 0 Å². The van der Waals surface area contributed by atoms with Crippen molar-refractivity contribution in [3.63, 3.8) is 0 Å². The van der Waals surface area contributed by atoms with Crippen molar-refractivity contribution in [1.82, 2.24) is 9.97 Å². The molecule has 1 aromatic heterocycles. The van der Waals surface area contributed by atoms with Crippen molar-refractivity contribution < 1.29 is 8.78 Å². The van der Waals surface area contributed by atoms with Crippen LogP contribution in [0.5, 0.6) is 0 Å². The summed E-state index contributed by atoms with van der Waals surface area (Å²) in [6, 6.07) is 12.3. The Bertz CT molecular complexity index is 1090. The van der Waals surface area contributed by atoms with Crippen LogP contribution in [0.25, 0.3) is 22.5 Å². The molecule has 0 spiro atoms. The van der Waals surface area contributed by atoms with Gasteiger partial charge in [-0.1, -0.05) is 56.9 Å². The first-order valence-electron chi connectivity index (χ1n) is 11.9. The number of nitrogens with zero attached hydrogens (tertiary/aromatic N) is 3. The van der Waals surface area contributed by atoms with E-state index in [2.05, 4.69) is 41.2 Å². The van der Waals surface area contributed by atoms with Crippen LogP contribution in [0.1, 0.15) is 75.3 Å². The lowest BCUT2D eigenvalue weighted by Crippen LogP contribution is -2.13. The van der Waals surface area contributed by atoms with Gasteiger partial charge in [0.1, 0.15) is 23.3 Å². The number of benzene rings is 2. The second-order valence-corrected chi connectivity index (χ2v) is 9.06. The van der Waals surface area contributed by atoms with Crippen LogP contribution in [-0.2, 0) is 0 Å². The van der Waals surface area contributed by atoms with Gasteiger partial charge >= 0.3 is 0 Å². The van der Waals surface area contributed by atoms with Crippen LogP contribution in [0.15, 0.2) is 48.8 Å². The molecule has 4 rings (SSSR count). The van der Waals surface area contributed by atoms with Crippen molar-refractivity contribution in [1.29, 1.82) is 5.26 Å². The normalized spacial score (nSPS) is 18.1. The van der Waals surface area contributed by atoms with Gasteiger partial charge in [0.05, 0.1) is 0 Å². The van der Waals surface area contributed by atoms with Crippen LogP contribution in [-0.4, -0.2) is 9.97 Å². The maximum atomic E-state index is 13.9. The predicted molar refractivity (Wildman–Crippen MR) is 126 cm³/mol. The third-order valence-electron chi connectivity index (χ3n) is 6.84. The fourth-order valence-electron chi connectivity index (χ4n) is 4.85. The molecular formula is C28H29F2N3. The van der Waals surface area contributed by atoms with E-state index in [1.54, 1.807) is 12.4 Å². The molecule has 3 nitrogen and oxygen atoms in total. The molecule has 0 saturated heterocycles. The molecule has 3 aromatic rings. The van der Waals surface area contributed by atoms with Gasteiger partial charge in [-0.05, 0) is 60.8 Å². The van der Waals surface area contributed by atoms with E-state index < -0.39 is 17.2 Å². The summed E-state index contributed by atoms with van der Waals surface area (Å²) in [5.74, 6) is -0.0630. The Hall–Kier alpha value is -3.13. The van der Waals surface area contributed by atoms with E-state index >= 15 is 0 Å². The quantitative estimate of drug-likeness (QED) is 0.348. The zero-order valence-electron chi connectivity index (χ0n) is 19.0. The number of unbranched alkanes of at least 4 members (excludes halogenated alkanes) is 2. The van der Waals surface area contributed by atoms with Gasteiger partial charge in [-0.25, -0.2) is 18.7 Å². The molecule has 0 bridgehead atoms. The van der Waals surface area contributed by atoms with Crippen LogP contribution in [0, 0.1) is 28.9 Å². The molecule has 5 heteroatoms. The molecule has 1 heterocycles. The molecule has 33 heavy (non-hydrogen) atoms. The first kappa shape index (κ1) is 23.0. The summed E-state index contributed by atoms with van der Waals surface area (Å²) in [6.07, 6.45) is 13.9. The zero-order chi connectivity index (χ0) is 23.2. The van der Waals surface area contributed by atoms with E-state index in [0.717, 1.165) is 29.2 Å². The van der Waals surface area contributed by atoms with Gasteiger partial charge < -0.3 is 0 Å². The zero-order valence-corrected chi connectivity index (χ0v) is 19.0. The SMILES string of the molecule is CCCCCC1CCC(c2ccc(-c3cnc(-c4cc(F)c(C#N)c(F)c4)nc3)cc2)CC1. The third-order valence-corrected chi connectivity index (χ3v) is 6.84. The summed E-state index contributed by atoms with van der Waals surface area (Å²) in [5.41, 5.74) is 2.86. The van der Waals surface area contributed by atoms with Crippen molar-refractivity contribution >= 4 is 0 Å². The number of halogens is 2. The van der Waals surface area contributed by atoms with Gasteiger partial charge in [0.2, 0.25) is 0 Å². The van der Waals surface area contributed by atoms with Crippen molar-refractivity contribution in [2.45, 2.75) is 64.2 Å². The minimum absolute atomic E-state index is 0.205. The summed E-state index contributed by atoms with van der Waals surface area (Å²) in [6.45, 7) is 2.26. The molecule has 0 unspecified atom stereocenters. The molecule has 170 valence electrons. The average molecular weight is 446 g/mol. The van der Waals surface area contributed by atoms with Gasteiger partial charge in [-0.15, -0.1) is 0 Å². The number of hydrogen-bond donors (Lipinski definition) is 0. The van der Waals surface area contributed by atoms with Crippen LogP contribution in [0.2, 0.25) is 0 Å². The van der Waals surface area contributed by atoms with Crippen LogP contribution < -0.4 is 0 Å². The molecule has 0 radical (unpaired) electrons. The van der Waals surface area contributed by atoms with Crippen LogP contribution in [0.3, 0.4) is 0 Å². The van der Waals surface area contributed by atoms with E-state index in [0.29, 0.717) is 5.92 Å². The molecule has 1 aliphatic carbocycles. The van der Waals surface area contributed by atoms with Crippen molar-refractivity contribution in [3.8, 4) is 28.6 Å². The van der Waals surface area contributed by atoms with E-state index in [1.165, 1.54) is 63.0 Å². The van der Waals surface area contributed by atoms with E-state index in [1.807, 2.05) is 0 Å². The second-order valence-electron chi connectivity index (χ2n) is 9.06. The predicted octanol–water partition coefficient (Wildman–Crippen LogP) is 7.81. The van der Waals surface area contributed by atoms with E-state index in [9.17, 15) is 8.78 Å². The van der Waals surface area contributed by atoms with Crippen molar-refractivity contribution in [2.24, 2.45) is 5.92 Å². The number of hydrogen-bond acceptors (Lipinski definition) is 3. The summed E-state index contributed by atoms with van der Waals surface area (Å²) in [5, 5.41) is 8.82. The lowest BCUT2D eigenvalue weighted by molar-refractivity contribution is 0.303. The lowest BCUT2D eigenvalue weighted by Gasteiger charge is -2.29. The minimum atomic E-state index is -0.911. The molecular weight excluding hydrogens is 416 g/mol. The maximum Gasteiger partial charge on any atom is 0.159 e. The molecule has 1 saturated carbocycles. The summed E-state index contributed by atoms with van der Waals surface area (Å²) >= 11 is 0. The first-order chi connectivity index (χ1) is 16.1. The topological polar surface area (TPSA) is 49.6 Å². The summed E-state index contributed by atoms with van der Waals surface area (Å²) in [7, 11) is 0. The highest BCUT2D eigenvalue weighted by atomic mass is 19.1. The monoisotopic (exact) mass is 445 g/mol. The number of aromatic nitrogens is 2. The fraction of sp³-hybridized carbons (Fsp3) is 0.393. The molecule has 0 amide bonds. The Balaban J connectivity index is 1.40. The van der Waals surface area contributed by atoms with Gasteiger partial charge in [-0.2, -0.15) is 5.26 Å². The summed E-state index contributed by atoms with van der Waals surface area (Å²) in [4.78, 5) is 8.57. The van der Waals surface area contributed by atoms with Gasteiger partial charge in [-0.3, -0.25) is 0 Å². The molecule has 0 N–H and O–H groups in total. The molecule has 1 fully saturated rings. The van der Waals surface area contributed by atoms with E-state index in [-0.39, 0.29) is 11.4 Å². The lowest BCUT2D eigenvalue weighted by atomic mass is 9.77. The largest absolute Gasteiger partial charge is 0.236 e. The molecule has 0 aliphatic heterocycles. The maximum absolute atomic E-state index is 13.9. The average Bonchev–Trinajstić information content (AvgIpc) is 2.85. The minimum Gasteiger partial charge on any atom is -0.236 e. The fourth-order valence-corrected chi connectivity index (χ4v) is 4.85. The molecule has 0 atom stereocenters. The van der Waals surface area contributed by atoms with E-state index in [4.69, 9.17) is 5.26 Å². The van der Waals surface area contributed by atoms with Gasteiger partial charge in [0.25, 0.3) is 0 Å². The first-order valence-corrected chi connectivity index (χ1v) is 11.9. The smallest absolute Gasteiger partial charge is 0.159 e. The Labute approximate surface area is 194 Å². The Morgan fingerprint density at radius 1 is 0.879 bits per heavy atom. The molecule has 1 aliphatic rings. The van der Waals surface area contributed by atoms with Crippen molar-refractivity contribution in [3.05, 3.63) is 71.6 Å². The highest BCUT2D eigenvalue weighted by Gasteiger charge is 2.22. The van der Waals surface area contributed by atoms with Gasteiger partial charge in [0.15, 0.2) is 5.82 Å². The third kappa shape index (κ3) is 5.45. The molecule has 2 aromatic carbocycles. The number of rotatable bonds is 7. The summed E-state index contributed by atoms with van der Waals surface area (Å²) < 4.78 is 27.8. The standard InChI is InChI=1S/C28H29F2N3/c1-2-3-4-5-19-6-8-20(9-7-19)21-10-12-22(13-11-21)24-17-32-28(33-18-24)23-14-26(29)25(16-31)27(30)15-23/h10-15,17-20H,2-9H2,1H3.